The number of amides is 2. The number of hydrogen-bond acceptors (Lipinski definition) is 5. The summed E-state index contributed by atoms with van der Waals surface area (Å²) in [6.45, 7) is 2.07. The third kappa shape index (κ3) is 4.73. The normalized spacial score (nSPS) is 14.2. The highest BCUT2D eigenvalue weighted by molar-refractivity contribution is 6.32. The molecule has 2 aromatic carbocycles. The minimum Gasteiger partial charge on any atom is -0.449 e. The summed E-state index contributed by atoms with van der Waals surface area (Å²) in [6.07, 6.45) is 0.212. The Bertz CT molecular complexity index is 1020. The van der Waals surface area contributed by atoms with E-state index in [-0.39, 0.29) is 16.5 Å². The van der Waals surface area contributed by atoms with E-state index in [0.717, 1.165) is 6.42 Å². The fourth-order valence-corrected chi connectivity index (χ4v) is 3.15. The topological polar surface area (TPSA) is 99.5 Å². The average molecular weight is 412 g/mol. The van der Waals surface area contributed by atoms with E-state index in [1.807, 2.05) is 6.07 Å². The number of halogens is 1. The molecule has 0 spiro atoms. The molecule has 0 aliphatic carbocycles. The van der Waals surface area contributed by atoms with Crippen LogP contribution in [0.2, 0.25) is 5.02 Å². The monoisotopic (exact) mass is 411 g/mol. The third-order valence-electron chi connectivity index (χ3n) is 4.48. The molecule has 2 amide bonds. The van der Waals surface area contributed by atoms with Crippen LogP contribution in [0.15, 0.2) is 42.5 Å². The number of esters is 1. The first-order chi connectivity index (χ1) is 13.9. The maximum atomic E-state index is 12.4. The van der Waals surface area contributed by atoms with E-state index in [4.69, 9.17) is 21.6 Å². The molecular formula is C21H18ClN3O4. The van der Waals surface area contributed by atoms with Crippen molar-refractivity contribution in [2.24, 2.45) is 0 Å². The lowest BCUT2D eigenvalue weighted by Crippen LogP contribution is -2.30. The van der Waals surface area contributed by atoms with Gasteiger partial charge >= 0.3 is 5.97 Å². The van der Waals surface area contributed by atoms with Gasteiger partial charge in [-0.3, -0.25) is 9.59 Å². The predicted molar refractivity (Wildman–Crippen MR) is 108 cm³/mol. The summed E-state index contributed by atoms with van der Waals surface area (Å²) in [4.78, 5) is 38.3. The number of nitriles is 1. The van der Waals surface area contributed by atoms with Crippen molar-refractivity contribution in [3.05, 3.63) is 58.6 Å². The molecule has 1 N–H and O–H groups in total. The Balaban J connectivity index is 1.64. The lowest BCUT2D eigenvalue weighted by Gasteiger charge is -2.17. The quantitative estimate of drug-likeness (QED) is 0.759. The molecule has 0 unspecified atom stereocenters. The Morgan fingerprint density at radius 1 is 1.28 bits per heavy atom. The fourth-order valence-electron chi connectivity index (χ4n) is 2.93. The van der Waals surface area contributed by atoms with E-state index < -0.39 is 18.0 Å². The maximum absolute atomic E-state index is 12.4. The van der Waals surface area contributed by atoms with Gasteiger partial charge in [0.15, 0.2) is 6.10 Å². The van der Waals surface area contributed by atoms with Crippen LogP contribution in [0, 0.1) is 11.3 Å². The molecule has 0 radical (unpaired) electrons. The van der Waals surface area contributed by atoms with Crippen LogP contribution in [0.1, 0.15) is 35.7 Å². The van der Waals surface area contributed by atoms with Crippen LogP contribution in [0.3, 0.4) is 0 Å². The van der Waals surface area contributed by atoms with Gasteiger partial charge in [0.1, 0.15) is 6.07 Å². The Hall–Kier alpha value is -3.37. The van der Waals surface area contributed by atoms with Gasteiger partial charge in [-0.05, 0) is 49.7 Å². The smallest absolute Gasteiger partial charge is 0.338 e. The highest BCUT2D eigenvalue weighted by Crippen LogP contribution is 2.23. The molecule has 1 heterocycles. The van der Waals surface area contributed by atoms with Gasteiger partial charge in [-0.15, -0.1) is 0 Å². The van der Waals surface area contributed by atoms with Crippen LogP contribution in [0.25, 0.3) is 0 Å². The van der Waals surface area contributed by atoms with E-state index in [0.29, 0.717) is 29.9 Å². The first kappa shape index (κ1) is 20.4. The third-order valence-corrected chi connectivity index (χ3v) is 4.79. The zero-order valence-electron chi connectivity index (χ0n) is 15.6. The number of carbonyl (C=O) groups is 3. The highest BCUT2D eigenvalue weighted by Gasteiger charge is 2.24. The molecule has 0 bridgehead atoms. The number of rotatable bonds is 5. The molecule has 1 saturated heterocycles. The molecule has 1 atom stereocenters. The standard InChI is InChI=1S/C21H18ClN3O4/c1-13(20(27)24-16-8-7-15(12-23)18(22)11-16)29-21(28)14-4-2-5-17(10-14)25-9-3-6-19(25)26/h2,4-5,7-8,10-11,13H,3,6,9H2,1H3,(H,24,27)/t13-/m0/s1. The molecule has 3 rings (SSSR count). The second-order valence-electron chi connectivity index (χ2n) is 6.54. The van der Waals surface area contributed by atoms with Crippen molar-refractivity contribution in [3.63, 3.8) is 0 Å². The maximum Gasteiger partial charge on any atom is 0.338 e. The van der Waals surface area contributed by atoms with Crippen molar-refractivity contribution in [1.29, 1.82) is 5.26 Å². The summed E-state index contributed by atoms with van der Waals surface area (Å²) in [5.41, 5.74) is 1.56. The average Bonchev–Trinajstić information content (AvgIpc) is 3.14. The zero-order chi connectivity index (χ0) is 21.0. The number of ether oxygens (including phenoxy) is 1. The van der Waals surface area contributed by atoms with E-state index in [9.17, 15) is 14.4 Å². The van der Waals surface area contributed by atoms with Crippen molar-refractivity contribution in [2.45, 2.75) is 25.9 Å². The molecule has 1 aliphatic heterocycles. The summed E-state index contributed by atoms with van der Waals surface area (Å²) in [5, 5.41) is 11.7. The van der Waals surface area contributed by atoms with Crippen LogP contribution in [0.5, 0.6) is 0 Å². The molecule has 7 nitrogen and oxygen atoms in total. The second kappa shape index (κ2) is 8.76. The molecule has 1 fully saturated rings. The summed E-state index contributed by atoms with van der Waals surface area (Å²) in [5.74, 6) is -1.19. The van der Waals surface area contributed by atoms with Gasteiger partial charge in [-0.1, -0.05) is 17.7 Å². The van der Waals surface area contributed by atoms with Crippen molar-refractivity contribution in [3.8, 4) is 6.07 Å². The van der Waals surface area contributed by atoms with Gasteiger partial charge in [0.25, 0.3) is 5.91 Å². The van der Waals surface area contributed by atoms with Crippen molar-refractivity contribution < 1.29 is 19.1 Å². The zero-order valence-corrected chi connectivity index (χ0v) is 16.4. The Morgan fingerprint density at radius 3 is 2.72 bits per heavy atom. The number of carbonyl (C=O) groups excluding carboxylic acids is 3. The molecule has 148 valence electrons. The minimum absolute atomic E-state index is 0.0179. The van der Waals surface area contributed by atoms with Gasteiger partial charge in [-0.25, -0.2) is 4.79 Å². The van der Waals surface area contributed by atoms with Crippen molar-refractivity contribution >= 4 is 40.8 Å². The number of benzene rings is 2. The van der Waals surface area contributed by atoms with E-state index in [1.165, 1.54) is 25.1 Å². The summed E-state index contributed by atoms with van der Waals surface area (Å²) >= 11 is 5.95. The van der Waals surface area contributed by atoms with E-state index in [1.54, 1.807) is 29.2 Å². The lowest BCUT2D eigenvalue weighted by molar-refractivity contribution is -0.123. The Morgan fingerprint density at radius 2 is 2.07 bits per heavy atom. The first-order valence-electron chi connectivity index (χ1n) is 9.01. The van der Waals surface area contributed by atoms with E-state index in [2.05, 4.69) is 5.32 Å². The molecule has 8 heteroatoms. The Labute approximate surface area is 172 Å². The number of anilines is 2. The molecule has 1 aliphatic rings. The summed E-state index contributed by atoms with van der Waals surface area (Å²) in [6, 6.07) is 13.0. The summed E-state index contributed by atoms with van der Waals surface area (Å²) < 4.78 is 5.25. The molecule has 29 heavy (non-hydrogen) atoms. The fraction of sp³-hybridized carbons (Fsp3) is 0.238. The molecule has 0 saturated carbocycles. The molecular weight excluding hydrogens is 394 g/mol. The predicted octanol–water partition coefficient (Wildman–Crippen LogP) is 3.52. The van der Waals surface area contributed by atoms with Gasteiger partial charge in [0.2, 0.25) is 5.91 Å². The Kier molecular flexibility index (Phi) is 6.15. The number of nitrogens with zero attached hydrogens (tertiary/aromatic N) is 2. The minimum atomic E-state index is -1.06. The van der Waals surface area contributed by atoms with Crippen LogP contribution < -0.4 is 10.2 Å². The van der Waals surface area contributed by atoms with Crippen molar-refractivity contribution in [1.82, 2.24) is 0 Å². The number of hydrogen-bond donors (Lipinski definition) is 1. The van der Waals surface area contributed by atoms with Crippen LogP contribution in [-0.4, -0.2) is 30.4 Å². The SMILES string of the molecule is C[C@H](OC(=O)c1cccc(N2CCCC2=O)c1)C(=O)Nc1ccc(C#N)c(Cl)c1. The van der Waals surface area contributed by atoms with Crippen LogP contribution in [-0.2, 0) is 14.3 Å². The van der Waals surface area contributed by atoms with Gasteiger partial charge < -0.3 is 15.0 Å². The van der Waals surface area contributed by atoms with Crippen LogP contribution >= 0.6 is 11.6 Å². The first-order valence-corrected chi connectivity index (χ1v) is 9.39. The van der Waals surface area contributed by atoms with Crippen LogP contribution in [0.4, 0.5) is 11.4 Å². The van der Waals surface area contributed by atoms with E-state index >= 15 is 0 Å². The molecule has 2 aromatic rings. The van der Waals surface area contributed by atoms with Crippen molar-refractivity contribution in [2.75, 3.05) is 16.8 Å². The molecule has 0 aromatic heterocycles. The number of nitrogens with one attached hydrogen (secondary N) is 1. The second-order valence-corrected chi connectivity index (χ2v) is 6.95. The summed E-state index contributed by atoms with van der Waals surface area (Å²) in [7, 11) is 0. The highest BCUT2D eigenvalue weighted by atomic mass is 35.5. The van der Waals surface area contributed by atoms with Gasteiger partial charge in [0.05, 0.1) is 16.1 Å². The van der Waals surface area contributed by atoms with Gasteiger partial charge in [0, 0.05) is 24.3 Å². The van der Waals surface area contributed by atoms with Gasteiger partial charge in [-0.2, -0.15) is 5.26 Å². The largest absolute Gasteiger partial charge is 0.449 e. The lowest BCUT2D eigenvalue weighted by atomic mass is 10.2.